The minimum absolute atomic E-state index is 0.175. The standard InChI is InChI=1S/C20H21ClN4O2S/c1-13(2)19-23-24-20(28)25(19)22-11-15-7-5-9-17(26-3)18(15)27-12-14-6-4-8-16(21)10-14/h4-11,13H,12H2,1-3H3,(H,24,28)/b22-11-. The van der Waals surface area contributed by atoms with E-state index in [-0.39, 0.29) is 5.92 Å². The van der Waals surface area contributed by atoms with Crippen molar-refractivity contribution in [3.63, 3.8) is 0 Å². The third kappa shape index (κ3) is 4.61. The summed E-state index contributed by atoms with van der Waals surface area (Å²) in [7, 11) is 1.60. The third-order valence-electron chi connectivity index (χ3n) is 4.01. The Balaban J connectivity index is 1.91. The first-order valence-electron chi connectivity index (χ1n) is 8.75. The van der Waals surface area contributed by atoms with Crippen molar-refractivity contribution < 1.29 is 9.47 Å². The van der Waals surface area contributed by atoms with Gasteiger partial charge < -0.3 is 9.47 Å². The minimum atomic E-state index is 0.175. The molecule has 2 aromatic carbocycles. The van der Waals surface area contributed by atoms with Crippen LogP contribution in [0.4, 0.5) is 0 Å². The van der Waals surface area contributed by atoms with E-state index < -0.39 is 0 Å². The van der Waals surface area contributed by atoms with E-state index in [9.17, 15) is 0 Å². The van der Waals surface area contributed by atoms with Gasteiger partial charge in [-0.3, -0.25) is 5.10 Å². The van der Waals surface area contributed by atoms with Crippen molar-refractivity contribution in [2.75, 3.05) is 7.11 Å². The molecule has 0 saturated heterocycles. The van der Waals surface area contributed by atoms with Crippen molar-refractivity contribution in [2.45, 2.75) is 26.4 Å². The molecule has 0 radical (unpaired) electrons. The van der Waals surface area contributed by atoms with Gasteiger partial charge in [0.15, 0.2) is 17.3 Å². The predicted molar refractivity (Wildman–Crippen MR) is 113 cm³/mol. The average molecular weight is 417 g/mol. The summed E-state index contributed by atoms with van der Waals surface area (Å²) >= 11 is 11.3. The van der Waals surface area contributed by atoms with Gasteiger partial charge in [-0.2, -0.15) is 14.9 Å². The van der Waals surface area contributed by atoms with Crippen LogP contribution in [-0.2, 0) is 6.61 Å². The number of hydrogen-bond donors (Lipinski definition) is 1. The van der Waals surface area contributed by atoms with Gasteiger partial charge in [-0.25, -0.2) is 0 Å². The van der Waals surface area contributed by atoms with Crippen LogP contribution in [0.25, 0.3) is 0 Å². The summed E-state index contributed by atoms with van der Waals surface area (Å²) in [5.74, 6) is 2.14. The van der Waals surface area contributed by atoms with Crippen molar-refractivity contribution in [3.8, 4) is 11.5 Å². The zero-order chi connectivity index (χ0) is 20.1. The van der Waals surface area contributed by atoms with Crippen LogP contribution in [0.1, 0.15) is 36.7 Å². The molecule has 146 valence electrons. The number of halogens is 1. The minimum Gasteiger partial charge on any atom is -0.493 e. The highest BCUT2D eigenvalue weighted by molar-refractivity contribution is 7.71. The van der Waals surface area contributed by atoms with Crippen molar-refractivity contribution in [3.05, 3.63) is 69.2 Å². The Labute approximate surface area is 173 Å². The Morgan fingerprint density at radius 1 is 1.29 bits per heavy atom. The zero-order valence-electron chi connectivity index (χ0n) is 15.8. The lowest BCUT2D eigenvalue weighted by Crippen LogP contribution is -2.03. The molecule has 0 aliphatic heterocycles. The number of methoxy groups -OCH3 is 1. The molecular weight excluding hydrogens is 396 g/mol. The van der Waals surface area contributed by atoms with Crippen LogP contribution in [0.5, 0.6) is 11.5 Å². The largest absolute Gasteiger partial charge is 0.493 e. The van der Waals surface area contributed by atoms with Gasteiger partial charge in [-0.1, -0.05) is 43.6 Å². The van der Waals surface area contributed by atoms with Crippen LogP contribution in [0.3, 0.4) is 0 Å². The van der Waals surface area contributed by atoms with Crippen LogP contribution >= 0.6 is 23.8 Å². The molecule has 28 heavy (non-hydrogen) atoms. The fraction of sp³-hybridized carbons (Fsp3) is 0.250. The Morgan fingerprint density at radius 3 is 2.79 bits per heavy atom. The second-order valence-corrected chi connectivity index (χ2v) is 7.22. The summed E-state index contributed by atoms with van der Waals surface area (Å²) in [6.45, 7) is 4.41. The average Bonchev–Trinajstić information content (AvgIpc) is 3.05. The van der Waals surface area contributed by atoms with E-state index >= 15 is 0 Å². The van der Waals surface area contributed by atoms with Crippen molar-refractivity contribution in [1.82, 2.24) is 14.9 Å². The molecule has 0 bridgehead atoms. The number of nitrogens with one attached hydrogen (secondary N) is 1. The van der Waals surface area contributed by atoms with Crippen LogP contribution in [0, 0.1) is 4.77 Å². The maximum Gasteiger partial charge on any atom is 0.216 e. The molecular formula is C20H21ClN4O2S. The van der Waals surface area contributed by atoms with Crippen LogP contribution < -0.4 is 9.47 Å². The van der Waals surface area contributed by atoms with Gasteiger partial charge in [0.2, 0.25) is 4.77 Å². The molecule has 0 atom stereocenters. The fourth-order valence-corrected chi connectivity index (χ4v) is 3.04. The van der Waals surface area contributed by atoms with Crippen molar-refractivity contribution in [2.24, 2.45) is 5.10 Å². The lowest BCUT2D eigenvalue weighted by Gasteiger charge is -2.13. The van der Waals surface area contributed by atoms with Gasteiger partial charge in [-0.15, -0.1) is 0 Å². The molecule has 3 aromatic rings. The maximum atomic E-state index is 6.06. The normalized spacial score (nSPS) is 11.3. The molecule has 0 saturated carbocycles. The van der Waals surface area contributed by atoms with Gasteiger partial charge >= 0.3 is 0 Å². The second kappa shape index (κ2) is 9.03. The van der Waals surface area contributed by atoms with Gasteiger partial charge in [0.25, 0.3) is 0 Å². The van der Waals surface area contributed by atoms with E-state index in [1.54, 1.807) is 18.0 Å². The maximum absolute atomic E-state index is 6.06. The van der Waals surface area contributed by atoms with Gasteiger partial charge in [0.05, 0.1) is 13.3 Å². The molecule has 8 heteroatoms. The number of rotatable bonds is 7. The molecule has 3 rings (SSSR count). The highest BCUT2D eigenvalue weighted by Gasteiger charge is 2.12. The highest BCUT2D eigenvalue weighted by Crippen LogP contribution is 2.31. The molecule has 6 nitrogen and oxygen atoms in total. The molecule has 0 aliphatic carbocycles. The summed E-state index contributed by atoms with van der Waals surface area (Å²) in [4.78, 5) is 0. The number of ether oxygens (including phenoxy) is 2. The van der Waals surface area contributed by atoms with E-state index in [4.69, 9.17) is 33.3 Å². The highest BCUT2D eigenvalue weighted by atomic mass is 35.5. The van der Waals surface area contributed by atoms with Crippen LogP contribution in [-0.4, -0.2) is 28.2 Å². The second-order valence-electron chi connectivity index (χ2n) is 6.40. The molecule has 1 aromatic heterocycles. The fourth-order valence-electron chi connectivity index (χ4n) is 2.64. The predicted octanol–water partition coefficient (Wildman–Crippen LogP) is 5.19. The first kappa shape index (κ1) is 20.1. The number of aromatic nitrogens is 3. The van der Waals surface area contributed by atoms with Gasteiger partial charge in [0, 0.05) is 16.5 Å². The molecule has 0 fully saturated rings. The first-order valence-corrected chi connectivity index (χ1v) is 9.54. The monoisotopic (exact) mass is 416 g/mol. The van der Waals surface area contributed by atoms with Crippen LogP contribution in [0.15, 0.2) is 47.6 Å². The summed E-state index contributed by atoms with van der Waals surface area (Å²) in [5.41, 5.74) is 1.72. The molecule has 1 heterocycles. The summed E-state index contributed by atoms with van der Waals surface area (Å²) in [5, 5.41) is 12.2. The molecule has 0 amide bonds. The quantitative estimate of drug-likeness (QED) is 0.425. The van der Waals surface area contributed by atoms with Crippen molar-refractivity contribution >= 4 is 30.0 Å². The summed E-state index contributed by atoms with van der Waals surface area (Å²) in [6, 6.07) is 13.2. The van der Waals surface area contributed by atoms with Gasteiger partial charge in [-0.05, 0) is 42.0 Å². The summed E-state index contributed by atoms with van der Waals surface area (Å²) in [6.07, 6.45) is 1.69. The lowest BCUT2D eigenvalue weighted by molar-refractivity contribution is 0.284. The summed E-state index contributed by atoms with van der Waals surface area (Å²) < 4.78 is 13.6. The number of nitrogens with zero attached hydrogens (tertiary/aromatic N) is 3. The van der Waals surface area contributed by atoms with Crippen LogP contribution in [0.2, 0.25) is 5.02 Å². The molecule has 1 N–H and O–H groups in total. The zero-order valence-corrected chi connectivity index (χ0v) is 17.4. The van der Waals surface area contributed by atoms with Crippen molar-refractivity contribution in [1.29, 1.82) is 0 Å². The van der Waals surface area contributed by atoms with E-state index in [1.165, 1.54) is 0 Å². The molecule has 0 aliphatic rings. The Bertz CT molecular complexity index is 1040. The number of H-pyrrole nitrogens is 1. The third-order valence-corrected chi connectivity index (χ3v) is 4.50. The number of aromatic amines is 1. The molecule has 0 unspecified atom stereocenters. The van der Waals surface area contributed by atoms with Gasteiger partial charge in [0.1, 0.15) is 6.61 Å². The Hall–Kier alpha value is -2.64. The number of benzene rings is 2. The Morgan fingerprint density at radius 2 is 2.07 bits per heavy atom. The first-order chi connectivity index (χ1) is 13.5. The topological polar surface area (TPSA) is 64.4 Å². The number of para-hydroxylation sites is 1. The van der Waals surface area contributed by atoms with E-state index in [0.717, 1.165) is 17.0 Å². The number of hydrogen-bond acceptors (Lipinski definition) is 5. The van der Waals surface area contributed by atoms with E-state index in [1.807, 2.05) is 56.3 Å². The van der Waals surface area contributed by atoms with E-state index in [2.05, 4.69) is 15.3 Å². The Kier molecular flexibility index (Phi) is 6.49. The SMILES string of the molecule is COc1cccc(/C=N\n2c(C(C)C)n[nH]c2=S)c1OCc1cccc(Cl)c1. The van der Waals surface area contributed by atoms with E-state index in [0.29, 0.717) is 27.9 Å². The lowest BCUT2D eigenvalue weighted by atomic mass is 10.2. The smallest absolute Gasteiger partial charge is 0.216 e. The molecule has 0 spiro atoms.